The van der Waals surface area contributed by atoms with Crippen molar-refractivity contribution in [1.29, 1.82) is 5.26 Å². The molecule has 0 saturated heterocycles. The van der Waals surface area contributed by atoms with Gasteiger partial charge in [-0.2, -0.15) is 5.26 Å². The molecule has 0 N–H and O–H groups in total. The number of rotatable bonds is 0. The summed E-state index contributed by atoms with van der Waals surface area (Å²) in [5.74, 6) is 0.0322. The van der Waals surface area contributed by atoms with Gasteiger partial charge in [-0.1, -0.05) is 11.6 Å². The van der Waals surface area contributed by atoms with Gasteiger partial charge in [-0.3, -0.25) is 0 Å². The zero-order chi connectivity index (χ0) is 10.1. The molecule has 5 heteroatoms. The van der Waals surface area contributed by atoms with Gasteiger partial charge >= 0.3 is 0 Å². The molecular formula is C9H7Cl2N3. The third-order valence-corrected chi connectivity index (χ3v) is 2.86. The first-order chi connectivity index (χ1) is 6.70. The van der Waals surface area contributed by atoms with Crippen LogP contribution in [0.15, 0.2) is 0 Å². The molecule has 0 fully saturated rings. The fraction of sp³-hybridized carbons (Fsp3) is 0.444. The Morgan fingerprint density at radius 1 is 1.36 bits per heavy atom. The Balaban J connectivity index is 2.43. The van der Waals surface area contributed by atoms with Crippen molar-refractivity contribution >= 4 is 23.2 Å². The summed E-state index contributed by atoms with van der Waals surface area (Å²) in [5.41, 5.74) is 1.77. The quantitative estimate of drug-likeness (QED) is 0.506. The molecule has 14 heavy (non-hydrogen) atoms. The normalized spacial score (nSPS) is 19.9. The number of hydrogen-bond acceptors (Lipinski definition) is 3. The van der Waals surface area contributed by atoms with Crippen LogP contribution in [-0.4, -0.2) is 9.97 Å². The molecule has 0 amide bonds. The molecule has 2 rings (SSSR count). The van der Waals surface area contributed by atoms with Crippen molar-refractivity contribution < 1.29 is 0 Å². The van der Waals surface area contributed by atoms with Gasteiger partial charge in [0, 0.05) is 5.56 Å². The van der Waals surface area contributed by atoms with Gasteiger partial charge in [0.1, 0.15) is 5.15 Å². The molecule has 72 valence electrons. The van der Waals surface area contributed by atoms with Crippen molar-refractivity contribution in [3.8, 4) is 6.07 Å². The Bertz CT molecular complexity index is 411. The largest absolute Gasteiger partial charge is 0.224 e. The van der Waals surface area contributed by atoms with E-state index in [1.54, 1.807) is 0 Å². The second-order valence-electron chi connectivity index (χ2n) is 3.28. The van der Waals surface area contributed by atoms with E-state index < -0.39 is 0 Å². The number of nitrogens with zero attached hydrogens (tertiary/aromatic N) is 3. The monoisotopic (exact) mass is 227 g/mol. The van der Waals surface area contributed by atoms with Crippen molar-refractivity contribution in [2.75, 3.05) is 0 Å². The van der Waals surface area contributed by atoms with Gasteiger partial charge in [-0.15, -0.1) is 0 Å². The maximum absolute atomic E-state index is 8.80. The molecule has 0 spiro atoms. The zero-order valence-electron chi connectivity index (χ0n) is 7.30. The van der Waals surface area contributed by atoms with Crippen molar-refractivity contribution in [3.63, 3.8) is 0 Å². The van der Waals surface area contributed by atoms with E-state index in [4.69, 9.17) is 28.5 Å². The lowest BCUT2D eigenvalue weighted by Crippen LogP contribution is -2.15. The molecule has 3 nitrogen and oxygen atoms in total. The minimum atomic E-state index is 0.0322. The summed E-state index contributed by atoms with van der Waals surface area (Å²) >= 11 is 11.6. The van der Waals surface area contributed by atoms with Crippen molar-refractivity contribution in [1.82, 2.24) is 9.97 Å². The predicted octanol–water partition coefficient (Wildman–Crippen LogP) is 2.41. The van der Waals surface area contributed by atoms with Crippen LogP contribution in [0.4, 0.5) is 0 Å². The van der Waals surface area contributed by atoms with Gasteiger partial charge < -0.3 is 0 Å². The number of fused-ring (bicyclic) bond motifs is 1. The lowest BCUT2D eigenvalue weighted by Gasteiger charge is -2.19. The summed E-state index contributed by atoms with van der Waals surface area (Å²) in [7, 11) is 0. The molecule has 0 radical (unpaired) electrons. The van der Waals surface area contributed by atoms with Crippen LogP contribution in [-0.2, 0) is 12.8 Å². The van der Waals surface area contributed by atoms with E-state index in [2.05, 4.69) is 16.0 Å². The first-order valence-electron chi connectivity index (χ1n) is 4.31. The summed E-state index contributed by atoms with van der Waals surface area (Å²) in [5, 5.41) is 9.38. The second-order valence-corrected chi connectivity index (χ2v) is 3.97. The number of aryl methyl sites for hydroxylation is 1. The Morgan fingerprint density at radius 3 is 2.86 bits per heavy atom. The van der Waals surface area contributed by atoms with Gasteiger partial charge in [0.05, 0.1) is 17.7 Å². The van der Waals surface area contributed by atoms with Crippen LogP contribution in [0.3, 0.4) is 0 Å². The van der Waals surface area contributed by atoms with Crippen molar-refractivity contribution in [3.05, 3.63) is 21.7 Å². The van der Waals surface area contributed by atoms with Gasteiger partial charge in [0.15, 0.2) is 0 Å². The lowest BCUT2D eigenvalue weighted by molar-refractivity contribution is 0.552. The molecule has 1 unspecified atom stereocenters. The molecule has 0 bridgehead atoms. The summed E-state index contributed by atoms with van der Waals surface area (Å²) in [6.45, 7) is 0. The van der Waals surface area contributed by atoms with E-state index in [0.717, 1.165) is 24.1 Å². The average Bonchev–Trinajstić information content (AvgIpc) is 2.17. The number of halogens is 2. The van der Waals surface area contributed by atoms with Gasteiger partial charge in [-0.25, -0.2) is 9.97 Å². The highest BCUT2D eigenvalue weighted by Gasteiger charge is 2.22. The molecule has 1 aromatic heterocycles. The summed E-state index contributed by atoms with van der Waals surface area (Å²) in [6.07, 6.45) is 2.23. The van der Waals surface area contributed by atoms with Crippen LogP contribution in [0.2, 0.25) is 10.4 Å². The highest BCUT2D eigenvalue weighted by atomic mass is 35.5. The maximum atomic E-state index is 8.80. The van der Waals surface area contributed by atoms with Gasteiger partial charge in [-0.05, 0) is 30.9 Å². The molecule has 1 atom stereocenters. The molecular weight excluding hydrogens is 221 g/mol. The Labute approximate surface area is 91.7 Å². The first kappa shape index (κ1) is 9.70. The highest BCUT2D eigenvalue weighted by molar-refractivity contribution is 6.32. The SMILES string of the molecule is N#CC1CCc2nc(Cl)nc(Cl)c2C1. The average molecular weight is 228 g/mol. The summed E-state index contributed by atoms with van der Waals surface area (Å²) in [6, 6.07) is 2.24. The summed E-state index contributed by atoms with van der Waals surface area (Å²) < 4.78 is 0. The Kier molecular flexibility index (Phi) is 2.58. The van der Waals surface area contributed by atoms with Gasteiger partial charge in [0.2, 0.25) is 5.28 Å². The van der Waals surface area contributed by atoms with Gasteiger partial charge in [0.25, 0.3) is 0 Å². The van der Waals surface area contributed by atoms with Crippen LogP contribution in [0.1, 0.15) is 17.7 Å². The topological polar surface area (TPSA) is 49.6 Å². The van der Waals surface area contributed by atoms with Crippen LogP contribution in [0.5, 0.6) is 0 Å². The highest BCUT2D eigenvalue weighted by Crippen LogP contribution is 2.29. The fourth-order valence-electron chi connectivity index (χ4n) is 1.65. The van der Waals surface area contributed by atoms with Crippen LogP contribution >= 0.6 is 23.2 Å². The molecule has 1 aliphatic carbocycles. The third-order valence-electron chi connectivity index (χ3n) is 2.38. The van der Waals surface area contributed by atoms with Crippen LogP contribution in [0.25, 0.3) is 0 Å². The smallest absolute Gasteiger partial charge is 0.223 e. The van der Waals surface area contributed by atoms with E-state index in [1.165, 1.54) is 0 Å². The molecule has 0 saturated carbocycles. The number of hydrogen-bond donors (Lipinski definition) is 0. The number of nitriles is 1. The number of aromatic nitrogens is 2. The van der Waals surface area contributed by atoms with Crippen LogP contribution < -0.4 is 0 Å². The molecule has 0 aromatic carbocycles. The van der Waals surface area contributed by atoms with Crippen molar-refractivity contribution in [2.24, 2.45) is 5.92 Å². The van der Waals surface area contributed by atoms with Crippen LogP contribution in [0, 0.1) is 17.2 Å². The van der Waals surface area contributed by atoms with E-state index in [-0.39, 0.29) is 11.2 Å². The van der Waals surface area contributed by atoms with E-state index >= 15 is 0 Å². The van der Waals surface area contributed by atoms with Crippen molar-refractivity contribution in [2.45, 2.75) is 19.3 Å². The van der Waals surface area contributed by atoms with E-state index in [1.807, 2.05) is 0 Å². The fourth-order valence-corrected chi connectivity index (χ4v) is 2.15. The molecule has 1 heterocycles. The zero-order valence-corrected chi connectivity index (χ0v) is 8.81. The second kappa shape index (κ2) is 3.72. The lowest BCUT2D eigenvalue weighted by atomic mass is 9.88. The predicted molar refractivity (Wildman–Crippen MR) is 53.2 cm³/mol. The minimum Gasteiger partial charge on any atom is -0.223 e. The summed E-state index contributed by atoms with van der Waals surface area (Å²) in [4.78, 5) is 7.97. The molecule has 1 aromatic rings. The van der Waals surface area contributed by atoms with E-state index in [9.17, 15) is 0 Å². The third kappa shape index (κ3) is 1.68. The molecule has 1 aliphatic rings. The standard InChI is InChI=1S/C9H7Cl2N3/c10-8-6-3-5(4-12)1-2-7(6)13-9(11)14-8/h5H,1-3H2. The Morgan fingerprint density at radius 2 is 2.14 bits per heavy atom. The minimum absolute atomic E-state index is 0.0322. The Hall–Kier alpha value is -0.850. The van der Waals surface area contributed by atoms with E-state index in [0.29, 0.717) is 11.6 Å². The maximum Gasteiger partial charge on any atom is 0.224 e. The first-order valence-corrected chi connectivity index (χ1v) is 5.06. The molecule has 0 aliphatic heterocycles.